The summed E-state index contributed by atoms with van der Waals surface area (Å²) >= 11 is 0. The third-order valence-corrected chi connectivity index (χ3v) is 5.00. The van der Waals surface area contributed by atoms with E-state index in [4.69, 9.17) is 18.7 Å². The second kappa shape index (κ2) is 8.50. The van der Waals surface area contributed by atoms with Gasteiger partial charge in [0.2, 0.25) is 5.82 Å². The minimum Gasteiger partial charge on any atom is -0.493 e. The van der Waals surface area contributed by atoms with Gasteiger partial charge in [-0.3, -0.25) is 14.5 Å². The number of hydrogen-bond donors (Lipinski definition) is 0. The molecule has 0 radical (unpaired) electrons. The number of ether oxygens (including phenoxy) is 3. The number of imide groups is 1. The normalized spacial score (nSPS) is 13.7. The van der Waals surface area contributed by atoms with E-state index in [0.717, 1.165) is 4.90 Å². The fourth-order valence-electron chi connectivity index (χ4n) is 3.32. The van der Waals surface area contributed by atoms with Crippen LogP contribution in [0.4, 0.5) is 0 Å². The molecule has 164 valence electrons. The molecule has 1 aliphatic heterocycles. The van der Waals surface area contributed by atoms with Gasteiger partial charge in [-0.25, -0.2) is 4.79 Å². The van der Waals surface area contributed by atoms with Crippen molar-refractivity contribution in [2.75, 3.05) is 14.2 Å². The van der Waals surface area contributed by atoms with Crippen LogP contribution in [0.25, 0.3) is 11.4 Å². The Hall–Kier alpha value is -4.21. The first kappa shape index (κ1) is 21.0. The zero-order valence-corrected chi connectivity index (χ0v) is 17.5. The molecule has 1 aromatic heterocycles. The number of esters is 1. The summed E-state index contributed by atoms with van der Waals surface area (Å²) in [6.45, 7) is 1.11. The molecule has 3 aromatic rings. The first-order valence-electron chi connectivity index (χ1n) is 9.63. The smallest absolute Gasteiger partial charge is 0.329 e. The monoisotopic (exact) mass is 437 g/mol. The molecule has 1 aliphatic rings. The summed E-state index contributed by atoms with van der Waals surface area (Å²) in [7, 11) is 3.04. The Labute approximate surface area is 182 Å². The zero-order chi connectivity index (χ0) is 22.8. The van der Waals surface area contributed by atoms with Crippen molar-refractivity contribution in [2.45, 2.75) is 19.6 Å². The summed E-state index contributed by atoms with van der Waals surface area (Å²) in [6, 6.07) is 10.4. The summed E-state index contributed by atoms with van der Waals surface area (Å²) in [5, 5.41) is 3.88. The van der Waals surface area contributed by atoms with Gasteiger partial charge in [-0.05, 0) is 37.3 Å². The summed E-state index contributed by atoms with van der Waals surface area (Å²) in [6.07, 6.45) is 0. The Balaban J connectivity index is 1.42. The van der Waals surface area contributed by atoms with Crippen molar-refractivity contribution in [1.82, 2.24) is 15.0 Å². The predicted molar refractivity (Wildman–Crippen MR) is 109 cm³/mol. The third kappa shape index (κ3) is 3.66. The maximum absolute atomic E-state index is 12.5. The largest absolute Gasteiger partial charge is 0.493 e. The van der Waals surface area contributed by atoms with Gasteiger partial charge in [-0.15, -0.1) is 0 Å². The fourth-order valence-corrected chi connectivity index (χ4v) is 3.32. The average Bonchev–Trinajstić information content (AvgIpc) is 3.39. The van der Waals surface area contributed by atoms with Gasteiger partial charge in [0.15, 0.2) is 18.1 Å². The van der Waals surface area contributed by atoms with Crippen molar-refractivity contribution >= 4 is 17.8 Å². The molecule has 0 fully saturated rings. The number of methoxy groups -OCH3 is 2. The highest BCUT2D eigenvalue weighted by Crippen LogP contribution is 2.31. The molecule has 2 amide bonds. The van der Waals surface area contributed by atoms with E-state index < -0.39 is 23.8 Å². The minimum atomic E-state index is -1.12. The van der Waals surface area contributed by atoms with Gasteiger partial charge in [0.25, 0.3) is 17.7 Å². The van der Waals surface area contributed by atoms with E-state index in [0.29, 0.717) is 17.1 Å². The minimum absolute atomic E-state index is 0.0534. The van der Waals surface area contributed by atoms with Gasteiger partial charge in [0.05, 0.1) is 25.3 Å². The maximum Gasteiger partial charge on any atom is 0.329 e. The quantitative estimate of drug-likeness (QED) is 0.405. The molecule has 0 spiro atoms. The van der Waals surface area contributed by atoms with Crippen LogP contribution in [0.5, 0.6) is 11.5 Å². The van der Waals surface area contributed by atoms with E-state index in [1.807, 2.05) is 0 Å². The number of aromatic nitrogens is 2. The number of amides is 2. The van der Waals surface area contributed by atoms with Gasteiger partial charge in [0.1, 0.15) is 6.04 Å². The lowest BCUT2D eigenvalue weighted by Gasteiger charge is -2.20. The van der Waals surface area contributed by atoms with E-state index in [9.17, 15) is 14.4 Å². The topological polar surface area (TPSA) is 121 Å². The van der Waals surface area contributed by atoms with Crippen molar-refractivity contribution in [2.24, 2.45) is 0 Å². The lowest BCUT2D eigenvalue weighted by molar-refractivity contribution is -0.149. The number of benzene rings is 2. The summed E-state index contributed by atoms with van der Waals surface area (Å²) < 4.78 is 20.8. The fraction of sp³-hybridized carbons (Fsp3) is 0.227. The second-order valence-corrected chi connectivity index (χ2v) is 6.89. The SMILES string of the molecule is COc1ccc(-c2noc(COC(=O)C(C)N3C(=O)c4ccccc4C3=O)n2)cc1OC. The van der Waals surface area contributed by atoms with Crippen molar-refractivity contribution in [3.63, 3.8) is 0 Å². The number of carbonyl (C=O) groups excluding carboxylic acids is 3. The molecule has 4 rings (SSSR count). The maximum atomic E-state index is 12.5. The number of carbonyl (C=O) groups is 3. The summed E-state index contributed by atoms with van der Waals surface area (Å²) in [4.78, 5) is 42.6. The molecular weight excluding hydrogens is 418 g/mol. The van der Waals surface area contributed by atoms with Crippen LogP contribution in [0.15, 0.2) is 47.0 Å². The molecule has 0 saturated heterocycles. The Morgan fingerprint density at radius 3 is 2.31 bits per heavy atom. The highest BCUT2D eigenvalue weighted by Gasteiger charge is 2.41. The molecular formula is C22H19N3O7. The van der Waals surface area contributed by atoms with E-state index in [2.05, 4.69) is 10.1 Å². The van der Waals surface area contributed by atoms with Gasteiger partial charge >= 0.3 is 5.97 Å². The van der Waals surface area contributed by atoms with Gasteiger partial charge in [-0.1, -0.05) is 17.3 Å². The first-order chi connectivity index (χ1) is 15.4. The number of fused-ring (bicyclic) bond motifs is 1. The van der Waals surface area contributed by atoms with Crippen molar-refractivity contribution in [3.05, 3.63) is 59.5 Å². The van der Waals surface area contributed by atoms with Crippen LogP contribution in [0, 0.1) is 0 Å². The van der Waals surface area contributed by atoms with E-state index in [-0.39, 0.29) is 29.4 Å². The van der Waals surface area contributed by atoms with Crippen LogP contribution >= 0.6 is 0 Å². The predicted octanol–water partition coefficient (Wildman–Crippen LogP) is 2.48. The molecule has 10 nitrogen and oxygen atoms in total. The van der Waals surface area contributed by atoms with Crippen LogP contribution < -0.4 is 9.47 Å². The highest BCUT2D eigenvalue weighted by molar-refractivity contribution is 6.22. The standard InChI is InChI=1S/C22H19N3O7/c1-12(25-20(26)14-6-4-5-7-15(14)21(25)27)22(28)31-11-18-23-19(24-32-18)13-8-9-16(29-2)17(10-13)30-3/h4-10,12H,11H2,1-3H3. The molecule has 1 unspecified atom stereocenters. The van der Waals surface area contributed by atoms with Gasteiger partial charge in [0, 0.05) is 5.56 Å². The van der Waals surface area contributed by atoms with Crippen molar-refractivity contribution < 1.29 is 33.1 Å². The third-order valence-electron chi connectivity index (χ3n) is 5.00. The van der Waals surface area contributed by atoms with Crippen LogP contribution in [0.1, 0.15) is 33.5 Å². The average molecular weight is 437 g/mol. The molecule has 2 heterocycles. The van der Waals surface area contributed by atoms with E-state index in [1.165, 1.54) is 21.1 Å². The Bertz CT molecular complexity index is 1170. The molecule has 2 aromatic carbocycles. The number of nitrogens with zero attached hydrogens (tertiary/aromatic N) is 3. The van der Waals surface area contributed by atoms with Crippen molar-refractivity contribution in [3.8, 4) is 22.9 Å². The van der Waals surface area contributed by atoms with Crippen molar-refractivity contribution in [1.29, 1.82) is 0 Å². The van der Waals surface area contributed by atoms with Crippen LogP contribution in [0.3, 0.4) is 0 Å². The summed E-state index contributed by atoms with van der Waals surface area (Å²) in [5.41, 5.74) is 1.13. The highest BCUT2D eigenvalue weighted by atomic mass is 16.6. The Morgan fingerprint density at radius 2 is 1.69 bits per heavy atom. The Morgan fingerprint density at radius 1 is 1.03 bits per heavy atom. The molecule has 10 heteroatoms. The zero-order valence-electron chi connectivity index (χ0n) is 17.5. The van der Waals surface area contributed by atoms with E-state index >= 15 is 0 Å². The van der Waals surface area contributed by atoms with E-state index in [1.54, 1.807) is 42.5 Å². The first-order valence-corrected chi connectivity index (χ1v) is 9.63. The summed E-state index contributed by atoms with van der Waals surface area (Å²) in [5.74, 6) is -0.478. The van der Waals surface area contributed by atoms with Crippen LogP contribution in [-0.2, 0) is 16.1 Å². The number of rotatable bonds is 7. The molecule has 0 saturated carbocycles. The van der Waals surface area contributed by atoms with Crippen LogP contribution in [-0.4, -0.2) is 53.1 Å². The lowest BCUT2D eigenvalue weighted by atomic mass is 10.1. The molecule has 0 bridgehead atoms. The van der Waals surface area contributed by atoms with Gasteiger partial charge in [-0.2, -0.15) is 4.98 Å². The molecule has 1 atom stereocenters. The Kier molecular flexibility index (Phi) is 5.59. The number of hydrogen-bond acceptors (Lipinski definition) is 9. The lowest BCUT2D eigenvalue weighted by Crippen LogP contribution is -2.43. The second-order valence-electron chi connectivity index (χ2n) is 6.89. The molecule has 0 N–H and O–H groups in total. The molecule has 0 aliphatic carbocycles. The van der Waals surface area contributed by atoms with Crippen LogP contribution in [0.2, 0.25) is 0 Å². The van der Waals surface area contributed by atoms with Gasteiger partial charge < -0.3 is 18.7 Å². The molecule has 32 heavy (non-hydrogen) atoms.